The summed E-state index contributed by atoms with van der Waals surface area (Å²) in [6.07, 6.45) is -4.16. The molecule has 2 aliphatic heterocycles. The van der Waals surface area contributed by atoms with Crippen LogP contribution in [0, 0.1) is 13.8 Å². The Balaban J connectivity index is 0.000000587. The maximum absolute atomic E-state index is 13.4. The highest BCUT2D eigenvalue weighted by atomic mass is 32.2. The number of benzene rings is 2. The first-order valence-corrected chi connectivity index (χ1v) is 14.6. The number of aliphatic carboxylic acids is 1. The fourth-order valence-corrected chi connectivity index (χ4v) is 5.96. The number of hydrogen-bond donors (Lipinski definition) is 3. The van der Waals surface area contributed by atoms with Crippen molar-refractivity contribution < 1.29 is 36.3 Å². The minimum atomic E-state index is -5.08. The smallest absolute Gasteiger partial charge is 0.475 e. The predicted octanol–water partition coefficient (Wildman–Crippen LogP) is 2.92. The molecule has 0 aromatic heterocycles. The molecule has 0 spiro atoms. The SMILES string of the molecule is Cc1ccc(C)c(S(=O)(=O)Nc2cc(C(=O)N3CCCN(C)CC3)ccc2N2CCNCC2)c1.O=C(O)C(F)(F)F. The third kappa shape index (κ3) is 8.81. The number of alkyl halides is 3. The van der Waals surface area contributed by atoms with E-state index in [9.17, 15) is 26.4 Å². The number of aryl methyl sites for hydroxylation is 2. The fourth-order valence-electron chi connectivity index (χ4n) is 4.56. The van der Waals surface area contributed by atoms with Crippen LogP contribution in [0.2, 0.25) is 0 Å². The van der Waals surface area contributed by atoms with Gasteiger partial charge in [0.2, 0.25) is 0 Å². The Morgan fingerprint density at radius 1 is 0.951 bits per heavy atom. The zero-order chi connectivity index (χ0) is 30.4. The van der Waals surface area contributed by atoms with E-state index in [0.29, 0.717) is 29.9 Å². The van der Waals surface area contributed by atoms with E-state index in [-0.39, 0.29) is 10.8 Å². The summed E-state index contributed by atoms with van der Waals surface area (Å²) in [4.78, 5) is 28.7. The largest absolute Gasteiger partial charge is 0.490 e. The number of piperazine rings is 1. The first kappa shape index (κ1) is 32.2. The Bertz CT molecular complexity index is 1350. The number of carboxylic acids is 1. The highest BCUT2D eigenvalue weighted by molar-refractivity contribution is 7.92. The van der Waals surface area contributed by atoms with Crippen molar-refractivity contribution in [3.8, 4) is 0 Å². The van der Waals surface area contributed by atoms with Gasteiger partial charge in [0.05, 0.1) is 16.3 Å². The molecule has 3 N–H and O–H groups in total. The summed E-state index contributed by atoms with van der Waals surface area (Å²) in [5.74, 6) is -2.82. The second-order valence-corrected chi connectivity index (χ2v) is 11.7. The van der Waals surface area contributed by atoms with Gasteiger partial charge in [-0.15, -0.1) is 0 Å². The monoisotopic (exact) mass is 599 g/mol. The van der Waals surface area contributed by atoms with Crippen LogP contribution in [-0.2, 0) is 14.8 Å². The number of halogens is 3. The maximum Gasteiger partial charge on any atom is 0.490 e. The van der Waals surface area contributed by atoms with Crippen molar-refractivity contribution in [3.63, 3.8) is 0 Å². The molecule has 10 nitrogen and oxygen atoms in total. The molecule has 2 aromatic carbocycles. The van der Waals surface area contributed by atoms with E-state index in [2.05, 4.69) is 26.9 Å². The van der Waals surface area contributed by atoms with Crippen molar-refractivity contribution >= 4 is 33.3 Å². The summed E-state index contributed by atoms with van der Waals surface area (Å²) in [5.41, 5.74) is 3.30. The molecule has 226 valence electrons. The van der Waals surface area contributed by atoms with E-state index in [0.717, 1.165) is 56.9 Å². The number of carbonyl (C=O) groups excluding carboxylic acids is 1. The van der Waals surface area contributed by atoms with Gasteiger partial charge < -0.3 is 25.1 Å². The lowest BCUT2D eigenvalue weighted by molar-refractivity contribution is -0.192. The van der Waals surface area contributed by atoms with Crippen molar-refractivity contribution in [1.29, 1.82) is 0 Å². The molecule has 2 saturated heterocycles. The van der Waals surface area contributed by atoms with Crippen molar-refractivity contribution in [1.82, 2.24) is 15.1 Å². The van der Waals surface area contributed by atoms with Gasteiger partial charge in [0.1, 0.15) is 0 Å². The lowest BCUT2D eigenvalue weighted by atomic mass is 10.1. The zero-order valence-corrected chi connectivity index (χ0v) is 24.1. The van der Waals surface area contributed by atoms with Crippen LogP contribution in [0.5, 0.6) is 0 Å². The van der Waals surface area contributed by atoms with Gasteiger partial charge in [0.25, 0.3) is 15.9 Å². The Morgan fingerprint density at radius 3 is 2.24 bits per heavy atom. The topological polar surface area (TPSA) is 122 Å². The Kier molecular flexibility index (Phi) is 10.6. The first-order valence-electron chi connectivity index (χ1n) is 13.2. The third-order valence-electron chi connectivity index (χ3n) is 6.83. The molecule has 0 saturated carbocycles. The molecule has 0 bridgehead atoms. The summed E-state index contributed by atoms with van der Waals surface area (Å²) in [6.45, 7) is 10.0. The molecule has 2 aromatic rings. The Hall–Kier alpha value is -3.36. The molecule has 14 heteroatoms. The van der Waals surface area contributed by atoms with E-state index in [4.69, 9.17) is 9.90 Å². The molecule has 0 radical (unpaired) electrons. The summed E-state index contributed by atoms with van der Waals surface area (Å²) in [5, 5.41) is 10.5. The van der Waals surface area contributed by atoms with Crippen LogP contribution in [0.25, 0.3) is 0 Å². The number of rotatable bonds is 5. The molecule has 2 heterocycles. The standard InChI is InChI=1S/C25H35N5O3S.C2HF3O2/c1-19-5-6-20(2)24(17-19)34(32,33)27-22-18-21(7-8-23(22)29-13-9-26-10-14-29)25(31)30-12-4-11-28(3)15-16-30;3-2(4,5)1(6)7/h5-8,17-18,26-27H,4,9-16H2,1-3H3;(H,6,7). The van der Waals surface area contributed by atoms with E-state index < -0.39 is 22.2 Å². The molecular formula is C27H36F3N5O5S. The molecule has 41 heavy (non-hydrogen) atoms. The van der Waals surface area contributed by atoms with Gasteiger partial charge in [0.15, 0.2) is 0 Å². The van der Waals surface area contributed by atoms with Gasteiger partial charge in [-0.05, 0) is 69.3 Å². The highest BCUT2D eigenvalue weighted by Gasteiger charge is 2.38. The average molecular weight is 600 g/mol. The normalized spacial score (nSPS) is 16.8. The molecule has 0 aliphatic carbocycles. The number of sulfonamides is 1. The lowest BCUT2D eigenvalue weighted by Gasteiger charge is -2.31. The fraction of sp³-hybridized carbons (Fsp3) is 0.481. The van der Waals surface area contributed by atoms with E-state index in [1.165, 1.54) is 0 Å². The predicted molar refractivity (Wildman–Crippen MR) is 150 cm³/mol. The van der Waals surface area contributed by atoms with Crippen LogP contribution < -0.4 is 14.9 Å². The number of carboxylic acid groups (broad SMARTS) is 1. The van der Waals surface area contributed by atoms with Crippen LogP contribution >= 0.6 is 0 Å². The van der Waals surface area contributed by atoms with E-state index in [1.54, 1.807) is 19.1 Å². The summed E-state index contributed by atoms with van der Waals surface area (Å²) < 4.78 is 61.4. The van der Waals surface area contributed by atoms with Crippen LogP contribution in [0.1, 0.15) is 27.9 Å². The number of hydrogen-bond acceptors (Lipinski definition) is 7. The summed E-state index contributed by atoms with van der Waals surface area (Å²) in [7, 11) is -1.77. The molecule has 0 unspecified atom stereocenters. The lowest BCUT2D eigenvalue weighted by Crippen LogP contribution is -2.44. The quantitative estimate of drug-likeness (QED) is 0.480. The van der Waals surface area contributed by atoms with Gasteiger partial charge in [-0.3, -0.25) is 9.52 Å². The van der Waals surface area contributed by atoms with Crippen LogP contribution in [0.3, 0.4) is 0 Å². The van der Waals surface area contributed by atoms with Crippen LogP contribution in [0.4, 0.5) is 24.5 Å². The molecule has 2 aliphatic rings. The van der Waals surface area contributed by atoms with Crippen molar-refractivity contribution in [3.05, 3.63) is 53.1 Å². The van der Waals surface area contributed by atoms with Gasteiger partial charge >= 0.3 is 12.1 Å². The molecule has 0 atom stereocenters. The number of nitrogens with zero attached hydrogens (tertiary/aromatic N) is 3. The molecule has 4 rings (SSSR count). The number of nitrogens with one attached hydrogen (secondary N) is 2. The second kappa shape index (κ2) is 13.5. The van der Waals surface area contributed by atoms with Crippen molar-refractivity contribution in [2.24, 2.45) is 0 Å². The highest BCUT2D eigenvalue weighted by Crippen LogP contribution is 2.31. The van der Waals surface area contributed by atoms with Crippen LogP contribution in [0.15, 0.2) is 41.3 Å². The Labute approximate surface area is 238 Å². The summed E-state index contributed by atoms with van der Waals surface area (Å²) in [6, 6.07) is 10.8. The summed E-state index contributed by atoms with van der Waals surface area (Å²) >= 11 is 0. The number of carbonyl (C=O) groups is 2. The zero-order valence-electron chi connectivity index (χ0n) is 23.3. The van der Waals surface area contributed by atoms with Crippen molar-refractivity contribution in [2.45, 2.75) is 31.3 Å². The average Bonchev–Trinajstić information content (AvgIpc) is 3.14. The molecule has 1 amide bonds. The third-order valence-corrected chi connectivity index (χ3v) is 8.34. The van der Waals surface area contributed by atoms with Gasteiger partial charge in [0, 0.05) is 51.4 Å². The number of amides is 1. The minimum Gasteiger partial charge on any atom is -0.475 e. The number of likely N-dealkylation sites (N-methyl/N-ethyl adjacent to an activating group) is 1. The maximum atomic E-state index is 13.4. The van der Waals surface area contributed by atoms with Crippen LogP contribution in [-0.4, -0.2) is 101 Å². The molecular weight excluding hydrogens is 563 g/mol. The van der Waals surface area contributed by atoms with E-state index >= 15 is 0 Å². The van der Waals surface area contributed by atoms with E-state index in [1.807, 2.05) is 36.1 Å². The second-order valence-electron chi connectivity index (χ2n) is 10.1. The minimum absolute atomic E-state index is 0.0608. The Morgan fingerprint density at radius 2 is 1.61 bits per heavy atom. The van der Waals surface area contributed by atoms with Gasteiger partial charge in [-0.2, -0.15) is 13.2 Å². The van der Waals surface area contributed by atoms with Crippen molar-refractivity contribution in [2.75, 3.05) is 69.0 Å². The number of anilines is 2. The first-order chi connectivity index (χ1) is 19.2. The van der Waals surface area contributed by atoms with Gasteiger partial charge in [-0.1, -0.05) is 12.1 Å². The van der Waals surface area contributed by atoms with Gasteiger partial charge in [-0.25, -0.2) is 13.2 Å². The molecule has 2 fully saturated rings.